The second-order valence-corrected chi connectivity index (χ2v) is 4.87. The van der Waals surface area contributed by atoms with Gasteiger partial charge in [-0.15, -0.1) is 0 Å². The molecule has 6 heteroatoms. The number of alkyl halides is 2. The van der Waals surface area contributed by atoms with Gasteiger partial charge in [-0.05, 0) is 24.3 Å². The zero-order valence-corrected chi connectivity index (χ0v) is 11.2. The van der Waals surface area contributed by atoms with Crippen LogP contribution in [-0.2, 0) is 0 Å². The molecule has 0 radical (unpaired) electrons. The molecule has 1 saturated heterocycles. The number of carbonyl (C=O) groups is 1. The maximum Gasteiger partial charge on any atom is 0.256 e. The summed E-state index contributed by atoms with van der Waals surface area (Å²) < 4.78 is 32.0. The molecule has 1 aliphatic rings. The van der Waals surface area contributed by atoms with E-state index in [9.17, 15) is 13.6 Å². The van der Waals surface area contributed by atoms with E-state index in [1.807, 2.05) is 0 Å². The van der Waals surface area contributed by atoms with Gasteiger partial charge in [-0.2, -0.15) is 0 Å². The Kier molecular flexibility index (Phi) is 4.23. The predicted octanol–water partition coefficient (Wildman–Crippen LogP) is 1.78. The molecule has 20 heavy (non-hydrogen) atoms. The molecule has 1 atom stereocenters. The van der Waals surface area contributed by atoms with Crippen molar-refractivity contribution >= 4 is 5.91 Å². The molecule has 1 heterocycles. The van der Waals surface area contributed by atoms with Gasteiger partial charge in [0.2, 0.25) is 0 Å². The van der Waals surface area contributed by atoms with Crippen molar-refractivity contribution < 1.29 is 23.4 Å². The number of likely N-dealkylation sites (tertiary alicyclic amines) is 1. The molecule has 1 fully saturated rings. The van der Waals surface area contributed by atoms with Gasteiger partial charge in [-0.1, -0.05) is 0 Å². The van der Waals surface area contributed by atoms with Crippen LogP contribution < -0.4 is 4.74 Å². The summed E-state index contributed by atoms with van der Waals surface area (Å²) in [4.78, 5) is 13.6. The maximum absolute atomic E-state index is 13.5. The van der Waals surface area contributed by atoms with Crippen LogP contribution in [0.1, 0.15) is 16.8 Å². The molecule has 1 amide bonds. The number of ether oxygens (including phenoxy) is 1. The summed E-state index contributed by atoms with van der Waals surface area (Å²) >= 11 is 0. The highest BCUT2D eigenvalue weighted by atomic mass is 19.3. The number of aliphatic hydroxyl groups is 1. The van der Waals surface area contributed by atoms with Gasteiger partial charge < -0.3 is 14.7 Å². The fourth-order valence-corrected chi connectivity index (χ4v) is 2.27. The lowest BCUT2D eigenvalue weighted by Gasteiger charge is -2.37. The molecule has 0 saturated carbocycles. The number of aliphatic hydroxyl groups excluding tert-OH is 1. The highest BCUT2D eigenvalue weighted by Gasteiger charge is 2.44. The molecule has 4 nitrogen and oxygen atoms in total. The molecular weight excluding hydrogens is 268 g/mol. The summed E-state index contributed by atoms with van der Waals surface area (Å²) in [5.74, 6) is -3.79. The second kappa shape index (κ2) is 5.75. The highest BCUT2D eigenvalue weighted by molar-refractivity contribution is 5.94. The lowest BCUT2D eigenvalue weighted by molar-refractivity contribution is -0.113. The number of amides is 1. The summed E-state index contributed by atoms with van der Waals surface area (Å²) in [5.41, 5.74) is 0.424. The van der Waals surface area contributed by atoms with Gasteiger partial charge in [0.25, 0.3) is 11.8 Å². The van der Waals surface area contributed by atoms with Gasteiger partial charge in [0.05, 0.1) is 19.6 Å². The first-order chi connectivity index (χ1) is 9.47. The van der Waals surface area contributed by atoms with Crippen molar-refractivity contribution in [3.63, 3.8) is 0 Å². The molecule has 1 aromatic carbocycles. The molecule has 2 rings (SSSR count). The SMILES string of the molecule is COc1ccc(C(=O)N2CCC(F)(F)C(CO)C2)cc1. The summed E-state index contributed by atoms with van der Waals surface area (Å²) in [7, 11) is 1.52. The Morgan fingerprint density at radius 2 is 2.10 bits per heavy atom. The van der Waals surface area contributed by atoms with Gasteiger partial charge in [-0.3, -0.25) is 4.79 Å². The van der Waals surface area contributed by atoms with Gasteiger partial charge >= 0.3 is 0 Å². The smallest absolute Gasteiger partial charge is 0.256 e. The summed E-state index contributed by atoms with van der Waals surface area (Å²) in [6.07, 6.45) is -0.417. The fraction of sp³-hybridized carbons (Fsp3) is 0.500. The molecule has 110 valence electrons. The fourth-order valence-electron chi connectivity index (χ4n) is 2.27. The van der Waals surface area contributed by atoms with E-state index in [0.29, 0.717) is 11.3 Å². The van der Waals surface area contributed by atoms with Crippen LogP contribution in [0.25, 0.3) is 0 Å². The molecule has 0 aromatic heterocycles. The van der Waals surface area contributed by atoms with Gasteiger partial charge in [-0.25, -0.2) is 8.78 Å². The molecule has 0 spiro atoms. The topological polar surface area (TPSA) is 49.8 Å². The number of rotatable bonds is 3. The first-order valence-electron chi connectivity index (χ1n) is 6.40. The minimum atomic E-state index is -2.91. The number of hydrogen-bond donors (Lipinski definition) is 1. The molecule has 1 aromatic rings. The van der Waals surface area contributed by atoms with E-state index >= 15 is 0 Å². The first kappa shape index (κ1) is 14.7. The van der Waals surface area contributed by atoms with Crippen LogP contribution in [0.15, 0.2) is 24.3 Å². The average molecular weight is 285 g/mol. The van der Waals surface area contributed by atoms with Crippen LogP contribution in [0.5, 0.6) is 5.75 Å². The van der Waals surface area contributed by atoms with Crippen molar-refractivity contribution in [3.8, 4) is 5.75 Å². The van der Waals surface area contributed by atoms with E-state index in [1.165, 1.54) is 12.0 Å². The number of hydrogen-bond acceptors (Lipinski definition) is 3. The lowest BCUT2D eigenvalue weighted by atomic mass is 9.94. The van der Waals surface area contributed by atoms with E-state index in [0.717, 1.165) is 0 Å². The van der Waals surface area contributed by atoms with Gasteiger partial charge in [0.1, 0.15) is 5.75 Å². The Balaban J connectivity index is 2.09. The van der Waals surface area contributed by atoms with Crippen LogP contribution >= 0.6 is 0 Å². The van der Waals surface area contributed by atoms with Gasteiger partial charge in [0.15, 0.2) is 0 Å². The lowest BCUT2D eigenvalue weighted by Crippen LogP contribution is -2.50. The number of piperidine rings is 1. The van der Waals surface area contributed by atoms with Gasteiger partial charge in [0, 0.05) is 25.1 Å². The number of benzene rings is 1. The van der Waals surface area contributed by atoms with Crippen molar-refractivity contribution in [2.75, 3.05) is 26.8 Å². The third-order valence-corrected chi connectivity index (χ3v) is 3.60. The minimum Gasteiger partial charge on any atom is -0.497 e. The van der Waals surface area contributed by atoms with Crippen LogP contribution in [-0.4, -0.2) is 48.6 Å². The Morgan fingerprint density at radius 1 is 1.45 bits per heavy atom. The van der Waals surface area contributed by atoms with Crippen molar-refractivity contribution in [1.82, 2.24) is 4.90 Å². The van der Waals surface area contributed by atoms with Crippen molar-refractivity contribution in [2.24, 2.45) is 5.92 Å². The highest BCUT2D eigenvalue weighted by Crippen LogP contribution is 2.33. The van der Waals surface area contributed by atoms with E-state index in [4.69, 9.17) is 9.84 Å². The molecule has 1 aliphatic heterocycles. The Hall–Kier alpha value is -1.69. The molecule has 1 N–H and O–H groups in total. The van der Waals surface area contributed by atoms with Crippen LogP contribution in [0.2, 0.25) is 0 Å². The number of halogens is 2. The predicted molar refractivity (Wildman–Crippen MR) is 69.0 cm³/mol. The van der Waals surface area contributed by atoms with E-state index in [-0.39, 0.29) is 19.0 Å². The number of methoxy groups -OCH3 is 1. The van der Waals surface area contributed by atoms with Crippen molar-refractivity contribution in [3.05, 3.63) is 29.8 Å². The quantitative estimate of drug-likeness (QED) is 0.921. The average Bonchev–Trinajstić information content (AvgIpc) is 2.46. The molecule has 0 aliphatic carbocycles. The normalized spacial score (nSPS) is 21.6. The summed E-state index contributed by atoms with van der Waals surface area (Å²) in [6.45, 7) is -0.762. The molecular formula is C14H17F2NO3. The van der Waals surface area contributed by atoms with Crippen LogP contribution in [0.4, 0.5) is 8.78 Å². The number of carbonyl (C=O) groups excluding carboxylic acids is 1. The Labute approximate surface area is 116 Å². The van der Waals surface area contributed by atoms with Crippen LogP contribution in [0, 0.1) is 5.92 Å². The maximum atomic E-state index is 13.5. The Morgan fingerprint density at radius 3 is 2.65 bits per heavy atom. The van der Waals surface area contributed by atoms with E-state index < -0.39 is 24.9 Å². The van der Waals surface area contributed by atoms with Crippen molar-refractivity contribution in [1.29, 1.82) is 0 Å². The summed E-state index contributed by atoms with van der Waals surface area (Å²) in [5, 5.41) is 9.03. The van der Waals surface area contributed by atoms with Crippen LogP contribution in [0.3, 0.4) is 0 Å². The Bertz CT molecular complexity index is 476. The van der Waals surface area contributed by atoms with E-state index in [2.05, 4.69) is 0 Å². The second-order valence-electron chi connectivity index (χ2n) is 4.87. The number of nitrogens with zero attached hydrogens (tertiary/aromatic N) is 1. The van der Waals surface area contributed by atoms with Crippen molar-refractivity contribution in [2.45, 2.75) is 12.3 Å². The minimum absolute atomic E-state index is 0.00559. The standard InChI is InChI=1S/C14H17F2NO3/c1-20-12-4-2-10(3-5-12)13(19)17-7-6-14(15,16)11(8-17)9-18/h2-5,11,18H,6-9H2,1H3. The zero-order chi connectivity index (χ0) is 14.8. The summed E-state index contributed by atoms with van der Waals surface area (Å²) in [6, 6.07) is 6.49. The molecule has 0 bridgehead atoms. The van der Waals surface area contributed by atoms with E-state index in [1.54, 1.807) is 24.3 Å². The first-order valence-corrected chi connectivity index (χ1v) is 6.40. The largest absolute Gasteiger partial charge is 0.497 e. The molecule has 1 unspecified atom stereocenters. The zero-order valence-electron chi connectivity index (χ0n) is 11.2. The third-order valence-electron chi connectivity index (χ3n) is 3.60. The third kappa shape index (κ3) is 2.90. The monoisotopic (exact) mass is 285 g/mol.